The van der Waals surface area contributed by atoms with Crippen LogP contribution in [0.15, 0.2) is 97.1 Å². The number of benzene rings is 4. The third kappa shape index (κ3) is 7.11. The first-order valence-electron chi connectivity index (χ1n) is 12.1. The summed E-state index contributed by atoms with van der Waals surface area (Å²) in [7, 11) is 1.57. The number of ether oxygens (including phenoxy) is 3. The molecular weight excluding hydrogens is 478 g/mol. The molecule has 38 heavy (non-hydrogen) atoms. The Hall–Kier alpha value is -4.84. The Kier molecular flexibility index (Phi) is 8.57. The Labute approximate surface area is 222 Å². The van der Waals surface area contributed by atoms with E-state index in [9.17, 15) is 9.59 Å². The smallest absolute Gasteiger partial charge is 0.336 e. The molecule has 0 saturated heterocycles. The fraction of sp³-hybridized carbons (Fsp3) is 0.125. The lowest BCUT2D eigenvalue weighted by molar-refractivity contribution is -0.128. The van der Waals surface area contributed by atoms with Gasteiger partial charge in [-0.05, 0) is 79.1 Å². The van der Waals surface area contributed by atoms with E-state index in [2.05, 4.69) is 5.32 Å². The van der Waals surface area contributed by atoms with Crippen LogP contribution in [-0.4, -0.2) is 19.0 Å². The van der Waals surface area contributed by atoms with Gasteiger partial charge < -0.3 is 19.5 Å². The van der Waals surface area contributed by atoms with E-state index in [1.54, 1.807) is 49.6 Å². The zero-order valence-electron chi connectivity index (χ0n) is 21.6. The maximum atomic E-state index is 12.6. The van der Waals surface area contributed by atoms with Gasteiger partial charge in [0.1, 0.15) is 12.4 Å². The van der Waals surface area contributed by atoms with Gasteiger partial charge in [0, 0.05) is 17.3 Å². The molecule has 0 aliphatic heterocycles. The van der Waals surface area contributed by atoms with Gasteiger partial charge in [0.25, 0.3) is 5.91 Å². The van der Waals surface area contributed by atoms with Gasteiger partial charge in [0.15, 0.2) is 11.5 Å². The lowest BCUT2D eigenvalue weighted by atomic mass is 10.1. The van der Waals surface area contributed by atoms with Gasteiger partial charge in [0.2, 0.25) is 0 Å². The van der Waals surface area contributed by atoms with Crippen LogP contribution >= 0.6 is 0 Å². The molecule has 0 saturated carbocycles. The molecule has 1 N–H and O–H groups in total. The van der Waals surface area contributed by atoms with Crippen LogP contribution in [0.1, 0.15) is 32.6 Å². The molecule has 0 heterocycles. The number of rotatable bonds is 9. The highest BCUT2D eigenvalue weighted by Gasteiger charge is 2.10. The van der Waals surface area contributed by atoms with Gasteiger partial charge in [-0.15, -0.1) is 0 Å². The van der Waals surface area contributed by atoms with Crippen molar-refractivity contribution in [2.45, 2.75) is 20.5 Å². The van der Waals surface area contributed by atoms with Crippen LogP contribution in [-0.2, 0) is 11.4 Å². The van der Waals surface area contributed by atoms with Crippen LogP contribution in [0, 0.1) is 13.8 Å². The lowest BCUT2D eigenvalue weighted by Crippen LogP contribution is -2.13. The molecule has 0 aliphatic rings. The van der Waals surface area contributed by atoms with Crippen molar-refractivity contribution in [3.63, 3.8) is 0 Å². The summed E-state index contributed by atoms with van der Waals surface area (Å²) in [5.41, 5.74) is 5.14. The summed E-state index contributed by atoms with van der Waals surface area (Å²) in [5.74, 6) is 0.731. The van der Waals surface area contributed by atoms with Crippen molar-refractivity contribution in [2.75, 3.05) is 12.4 Å². The molecule has 192 valence electrons. The molecule has 0 fully saturated rings. The molecule has 0 aliphatic carbocycles. The predicted octanol–water partition coefficient (Wildman–Crippen LogP) is 6.76. The van der Waals surface area contributed by atoms with Crippen molar-refractivity contribution < 1.29 is 23.8 Å². The minimum absolute atomic E-state index is 0.236. The molecule has 1 amide bonds. The lowest BCUT2D eigenvalue weighted by Gasteiger charge is -2.11. The number of aryl methyl sites for hydroxylation is 2. The van der Waals surface area contributed by atoms with Crippen LogP contribution in [0.3, 0.4) is 0 Å². The molecule has 0 spiro atoms. The van der Waals surface area contributed by atoms with Crippen LogP contribution in [0.5, 0.6) is 17.2 Å². The molecule has 4 rings (SSSR count). The number of hydrogen-bond acceptors (Lipinski definition) is 5. The minimum Gasteiger partial charge on any atom is -0.493 e. The van der Waals surface area contributed by atoms with Gasteiger partial charge in [-0.3, -0.25) is 4.79 Å². The Balaban J connectivity index is 1.33. The first-order valence-corrected chi connectivity index (χ1v) is 12.1. The molecule has 6 nitrogen and oxygen atoms in total. The van der Waals surface area contributed by atoms with E-state index in [1.807, 2.05) is 68.4 Å². The standard InChI is InChI=1S/C32H29NO5/c1-22-9-16-28(23(2)19-22)33-32(35)26-12-14-27(15-13-26)38-31(34)18-11-24-10-17-29(30(20-24)36-3)37-21-25-7-5-4-6-8-25/h4-20H,21H2,1-3H3,(H,33,35)/b18-11+. The Morgan fingerprint density at radius 2 is 1.61 bits per heavy atom. The number of nitrogens with one attached hydrogen (secondary N) is 1. The fourth-order valence-corrected chi connectivity index (χ4v) is 3.78. The monoisotopic (exact) mass is 507 g/mol. The van der Waals surface area contributed by atoms with Gasteiger partial charge in [-0.2, -0.15) is 0 Å². The number of methoxy groups -OCH3 is 1. The van der Waals surface area contributed by atoms with Gasteiger partial charge >= 0.3 is 5.97 Å². The molecule has 0 radical (unpaired) electrons. The van der Waals surface area contributed by atoms with Crippen LogP contribution in [0.25, 0.3) is 6.08 Å². The third-order valence-corrected chi connectivity index (χ3v) is 5.80. The van der Waals surface area contributed by atoms with Gasteiger partial charge in [-0.25, -0.2) is 4.79 Å². The highest BCUT2D eigenvalue weighted by molar-refractivity contribution is 6.04. The summed E-state index contributed by atoms with van der Waals surface area (Å²) in [6, 6.07) is 27.5. The topological polar surface area (TPSA) is 73.9 Å². The molecule has 0 bridgehead atoms. The number of amides is 1. The Morgan fingerprint density at radius 1 is 0.842 bits per heavy atom. The second-order valence-corrected chi connectivity index (χ2v) is 8.74. The third-order valence-electron chi connectivity index (χ3n) is 5.80. The number of carbonyl (C=O) groups excluding carboxylic acids is 2. The van der Waals surface area contributed by atoms with Crippen molar-refractivity contribution in [1.82, 2.24) is 0 Å². The maximum absolute atomic E-state index is 12.6. The molecular formula is C32H29NO5. The molecule has 0 aromatic heterocycles. The van der Waals surface area contributed by atoms with Crippen molar-refractivity contribution in [2.24, 2.45) is 0 Å². The summed E-state index contributed by atoms with van der Waals surface area (Å²) in [4.78, 5) is 24.9. The second-order valence-electron chi connectivity index (χ2n) is 8.74. The van der Waals surface area contributed by atoms with Crippen molar-refractivity contribution >= 4 is 23.6 Å². The van der Waals surface area contributed by atoms with Crippen LogP contribution < -0.4 is 19.5 Å². The van der Waals surface area contributed by atoms with E-state index in [-0.39, 0.29) is 5.91 Å². The summed E-state index contributed by atoms with van der Waals surface area (Å²) in [5, 5.41) is 2.90. The number of anilines is 1. The van der Waals surface area contributed by atoms with E-state index in [4.69, 9.17) is 14.2 Å². The minimum atomic E-state index is -0.541. The van der Waals surface area contributed by atoms with E-state index in [0.29, 0.717) is 29.4 Å². The summed E-state index contributed by atoms with van der Waals surface area (Å²) < 4.78 is 16.7. The van der Waals surface area contributed by atoms with E-state index >= 15 is 0 Å². The Bertz CT molecular complexity index is 1440. The Morgan fingerprint density at radius 3 is 2.32 bits per heavy atom. The second kappa shape index (κ2) is 12.4. The SMILES string of the molecule is COc1cc(/C=C/C(=O)Oc2ccc(C(=O)Nc3ccc(C)cc3C)cc2)ccc1OCc1ccccc1. The average Bonchev–Trinajstić information content (AvgIpc) is 2.93. The first-order chi connectivity index (χ1) is 18.4. The molecule has 0 unspecified atom stereocenters. The average molecular weight is 508 g/mol. The van der Waals surface area contributed by atoms with E-state index < -0.39 is 5.97 Å². The molecule has 4 aromatic carbocycles. The van der Waals surface area contributed by atoms with Gasteiger partial charge in [0.05, 0.1) is 7.11 Å². The van der Waals surface area contributed by atoms with Gasteiger partial charge in [-0.1, -0.05) is 54.1 Å². The highest BCUT2D eigenvalue weighted by Crippen LogP contribution is 2.29. The van der Waals surface area contributed by atoms with Crippen molar-refractivity contribution in [3.8, 4) is 17.2 Å². The normalized spacial score (nSPS) is 10.7. The zero-order valence-corrected chi connectivity index (χ0v) is 21.6. The van der Waals surface area contributed by atoms with E-state index in [1.165, 1.54) is 6.08 Å². The van der Waals surface area contributed by atoms with E-state index in [0.717, 1.165) is 27.9 Å². The van der Waals surface area contributed by atoms with Crippen LogP contribution in [0.4, 0.5) is 5.69 Å². The number of carbonyl (C=O) groups is 2. The summed E-state index contributed by atoms with van der Waals surface area (Å²) in [6.45, 7) is 4.37. The quantitative estimate of drug-likeness (QED) is 0.154. The molecule has 0 atom stereocenters. The largest absolute Gasteiger partial charge is 0.493 e. The predicted molar refractivity (Wildman–Crippen MR) is 149 cm³/mol. The van der Waals surface area contributed by atoms with Crippen LogP contribution in [0.2, 0.25) is 0 Å². The fourth-order valence-electron chi connectivity index (χ4n) is 3.78. The first kappa shape index (κ1) is 26.2. The highest BCUT2D eigenvalue weighted by atomic mass is 16.5. The molecule has 6 heteroatoms. The summed E-state index contributed by atoms with van der Waals surface area (Å²) in [6.07, 6.45) is 2.97. The number of esters is 1. The van der Waals surface area contributed by atoms with Crippen molar-refractivity contribution in [1.29, 1.82) is 0 Å². The molecule has 4 aromatic rings. The maximum Gasteiger partial charge on any atom is 0.336 e. The van der Waals surface area contributed by atoms with Crippen molar-refractivity contribution in [3.05, 3.63) is 125 Å². The number of hydrogen-bond donors (Lipinski definition) is 1. The summed E-state index contributed by atoms with van der Waals surface area (Å²) >= 11 is 0. The zero-order chi connectivity index (χ0) is 26.9.